The molecule has 5 rings (SSSR count). The average Bonchev–Trinajstić information content (AvgIpc) is 3.45. The first-order valence-electron chi connectivity index (χ1n) is 15.5. The molecule has 2 atom stereocenters. The molecule has 3 aromatic rings. The quantitative estimate of drug-likeness (QED) is 0.0712. The number of hydroxylamine groups is 2. The van der Waals surface area contributed by atoms with E-state index < -0.39 is 69.9 Å². The van der Waals surface area contributed by atoms with Crippen LogP contribution in [0.2, 0.25) is 0 Å². The fourth-order valence-corrected chi connectivity index (χ4v) is 6.06. The Morgan fingerprint density at radius 3 is 2.52 bits per heavy atom. The van der Waals surface area contributed by atoms with Gasteiger partial charge in [-0.05, 0) is 64.3 Å². The fourth-order valence-electron chi connectivity index (χ4n) is 5.05. The summed E-state index contributed by atoms with van der Waals surface area (Å²) in [4.78, 5) is 65.4. The molecule has 1 aromatic carbocycles. The van der Waals surface area contributed by atoms with Crippen molar-refractivity contribution < 1.29 is 55.9 Å². The van der Waals surface area contributed by atoms with Crippen molar-refractivity contribution in [3.8, 4) is 5.75 Å². The number of rotatable bonds is 13. The number of nitrogens with zero attached hydrogens (tertiary/aromatic N) is 5. The zero-order chi connectivity index (χ0) is 38.2. The molecule has 0 radical (unpaired) electrons. The Bertz CT molecular complexity index is 2020. The third kappa shape index (κ3) is 8.75. The SMILES string of the molecule is CC(C)(C)OC(=O)N1CC(Nc2nccc3cc(OCC(ON=C(C(=O)NC4C(=O)N(OS(=O)(=O)O)C4(C)C)c4csc(N)n4)C(=O)O)ccc23)C1. The number of amides is 3. The second kappa shape index (κ2) is 14.4. The topological polar surface area (TPSA) is 274 Å². The van der Waals surface area contributed by atoms with Crippen LogP contribution in [-0.2, 0) is 38.6 Å². The largest absolute Gasteiger partial charge is 0.489 e. The highest BCUT2D eigenvalue weighted by Gasteiger charge is 2.58. The molecule has 52 heavy (non-hydrogen) atoms. The second-order valence-corrected chi connectivity index (χ2v) is 15.1. The molecule has 2 fully saturated rings. The van der Waals surface area contributed by atoms with E-state index in [0.29, 0.717) is 24.0 Å². The minimum Gasteiger partial charge on any atom is -0.489 e. The monoisotopic (exact) mass is 764 g/mol. The van der Waals surface area contributed by atoms with Crippen molar-refractivity contribution in [3.63, 3.8) is 0 Å². The Kier molecular flexibility index (Phi) is 10.5. The first-order valence-corrected chi connectivity index (χ1v) is 17.7. The maximum absolute atomic E-state index is 13.3. The van der Waals surface area contributed by atoms with E-state index in [9.17, 15) is 32.7 Å². The number of hydrogen-bond acceptors (Lipinski definition) is 16. The maximum Gasteiger partial charge on any atom is 0.418 e. The van der Waals surface area contributed by atoms with Gasteiger partial charge in [0.05, 0.1) is 11.6 Å². The fraction of sp³-hybridized carbons (Fsp3) is 0.433. The summed E-state index contributed by atoms with van der Waals surface area (Å²) in [7, 11) is -5.03. The van der Waals surface area contributed by atoms with Crippen LogP contribution in [0.1, 0.15) is 40.3 Å². The standard InChI is InChI=1S/C30H36N8O12S2/c1-29(2,3)48-28(43)37-11-16(12-37)33-23-18-7-6-17(10-15(18)8-9-32-23)47-13-20(26(41)42)49-36-21(19-14-51-27(31)34-19)24(39)35-22-25(40)38(30(22,4)5)50-52(44,45)46/h6-10,14,16,20,22H,11-13H2,1-5H3,(H2,31,34)(H,32,33)(H,35,39)(H,41,42)(H,44,45,46). The molecule has 2 saturated heterocycles. The molecule has 0 spiro atoms. The zero-order valence-corrected chi connectivity index (χ0v) is 30.1. The molecule has 3 amide bonds. The number of thiazole rings is 1. The van der Waals surface area contributed by atoms with Gasteiger partial charge in [0.1, 0.15) is 35.5 Å². The van der Waals surface area contributed by atoms with Crippen molar-refractivity contribution in [1.29, 1.82) is 0 Å². The van der Waals surface area contributed by atoms with Crippen molar-refractivity contribution in [2.75, 3.05) is 30.7 Å². The normalized spacial score (nSPS) is 18.2. The van der Waals surface area contributed by atoms with Gasteiger partial charge in [0.2, 0.25) is 0 Å². The molecule has 2 aliphatic heterocycles. The Labute approximate surface area is 300 Å². The lowest BCUT2D eigenvalue weighted by atomic mass is 9.84. The van der Waals surface area contributed by atoms with Crippen LogP contribution in [0.4, 0.5) is 15.7 Å². The summed E-state index contributed by atoms with van der Waals surface area (Å²) >= 11 is 0.946. The molecule has 6 N–H and O–H groups in total. The van der Waals surface area contributed by atoms with Crippen LogP contribution < -0.4 is 21.1 Å². The number of hydrogen-bond donors (Lipinski definition) is 5. The van der Waals surface area contributed by atoms with Crippen LogP contribution in [0.15, 0.2) is 41.0 Å². The van der Waals surface area contributed by atoms with Crippen LogP contribution in [-0.4, -0.2) is 117 Å². The van der Waals surface area contributed by atoms with Gasteiger partial charge >= 0.3 is 22.5 Å². The van der Waals surface area contributed by atoms with Crippen molar-refractivity contribution in [2.45, 2.75) is 63.9 Å². The van der Waals surface area contributed by atoms with Crippen molar-refractivity contribution in [2.24, 2.45) is 5.16 Å². The smallest absolute Gasteiger partial charge is 0.418 e. The number of ether oxygens (including phenoxy) is 2. The highest BCUT2D eigenvalue weighted by molar-refractivity contribution is 7.80. The van der Waals surface area contributed by atoms with Crippen molar-refractivity contribution in [1.82, 2.24) is 25.2 Å². The minimum atomic E-state index is -5.03. The van der Waals surface area contributed by atoms with Crippen LogP contribution in [0, 0.1) is 0 Å². The van der Waals surface area contributed by atoms with Crippen LogP contribution in [0.5, 0.6) is 5.75 Å². The number of carboxylic acids is 1. The number of aromatic nitrogens is 2. The van der Waals surface area contributed by atoms with Crippen LogP contribution in [0.25, 0.3) is 10.8 Å². The van der Waals surface area contributed by atoms with Gasteiger partial charge in [-0.3, -0.25) is 14.1 Å². The molecule has 22 heteroatoms. The lowest BCUT2D eigenvalue weighted by Gasteiger charge is -2.50. The first-order chi connectivity index (χ1) is 24.2. The van der Waals surface area contributed by atoms with Gasteiger partial charge in [0, 0.05) is 30.1 Å². The van der Waals surface area contributed by atoms with E-state index in [-0.39, 0.29) is 22.6 Å². The van der Waals surface area contributed by atoms with Crippen LogP contribution in [0.3, 0.4) is 0 Å². The lowest BCUT2D eigenvalue weighted by Crippen LogP contribution is -2.76. The molecule has 280 valence electrons. The summed E-state index contributed by atoms with van der Waals surface area (Å²) < 4.78 is 46.6. The van der Waals surface area contributed by atoms with Gasteiger partial charge < -0.3 is 40.7 Å². The zero-order valence-electron chi connectivity index (χ0n) is 28.4. The van der Waals surface area contributed by atoms with Gasteiger partial charge in [-0.2, -0.15) is 13.5 Å². The molecule has 20 nitrogen and oxygen atoms in total. The molecule has 0 bridgehead atoms. The van der Waals surface area contributed by atoms with E-state index in [0.717, 1.165) is 22.1 Å². The summed E-state index contributed by atoms with van der Waals surface area (Å²) in [5.74, 6) is -2.66. The summed E-state index contributed by atoms with van der Waals surface area (Å²) in [6.45, 7) is 8.43. The number of carboxylic acid groups (broad SMARTS) is 1. The van der Waals surface area contributed by atoms with E-state index in [2.05, 4.69) is 30.0 Å². The number of likely N-dealkylation sites (tertiary alicyclic amines) is 1. The molecule has 2 unspecified atom stereocenters. The second-order valence-electron chi connectivity index (χ2n) is 13.2. The van der Waals surface area contributed by atoms with Gasteiger partial charge in [-0.25, -0.2) is 19.6 Å². The number of nitrogens with two attached hydrogens (primary N) is 1. The Morgan fingerprint density at radius 1 is 1.21 bits per heavy atom. The number of anilines is 2. The molecule has 2 aromatic heterocycles. The van der Waals surface area contributed by atoms with E-state index in [4.69, 9.17) is 24.6 Å². The summed E-state index contributed by atoms with van der Waals surface area (Å²) in [6.07, 6.45) is -0.528. The average molecular weight is 765 g/mol. The number of nitrogens with one attached hydrogen (secondary N) is 2. The lowest BCUT2D eigenvalue weighted by molar-refractivity contribution is -0.218. The number of oxime groups is 1. The van der Waals surface area contributed by atoms with Gasteiger partial charge in [-0.1, -0.05) is 5.16 Å². The Hall–Kier alpha value is -5.32. The first kappa shape index (κ1) is 37.9. The van der Waals surface area contributed by atoms with Gasteiger partial charge in [0.15, 0.2) is 10.8 Å². The number of pyridine rings is 1. The summed E-state index contributed by atoms with van der Waals surface area (Å²) in [6, 6.07) is 5.36. The third-order valence-electron chi connectivity index (χ3n) is 7.66. The molecular weight excluding hydrogens is 729 g/mol. The van der Waals surface area contributed by atoms with Gasteiger partial charge in [0.25, 0.3) is 17.9 Å². The van der Waals surface area contributed by atoms with E-state index in [1.54, 1.807) is 56.1 Å². The number of aliphatic carboxylic acids is 1. The minimum absolute atomic E-state index is 0.0433. The molecule has 2 aliphatic rings. The van der Waals surface area contributed by atoms with E-state index in [1.165, 1.54) is 19.2 Å². The number of carbonyl (C=O) groups is 4. The number of benzene rings is 1. The molecule has 0 saturated carbocycles. The number of fused-ring (bicyclic) bond motifs is 1. The van der Waals surface area contributed by atoms with Crippen molar-refractivity contribution >= 4 is 73.0 Å². The Balaban J connectivity index is 1.24. The summed E-state index contributed by atoms with van der Waals surface area (Å²) in [5.41, 5.74) is 3.02. The van der Waals surface area contributed by atoms with E-state index >= 15 is 0 Å². The summed E-state index contributed by atoms with van der Waals surface area (Å²) in [5, 5.41) is 22.5. The highest BCUT2D eigenvalue weighted by atomic mass is 32.3. The molecule has 4 heterocycles. The number of nitrogen functional groups attached to an aromatic ring is 1. The number of β-lactam (4-membered cyclic amide) rings is 1. The Morgan fingerprint density at radius 2 is 1.92 bits per heavy atom. The third-order valence-corrected chi connectivity index (χ3v) is 8.67. The molecular formula is C30H36N8O12S2. The maximum atomic E-state index is 13.3. The van der Waals surface area contributed by atoms with Gasteiger partial charge in [-0.15, -0.1) is 15.6 Å². The highest BCUT2D eigenvalue weighted by Crippen LogP contribution is 2.33. The van der Waals surface area contributed by atoms with Crippen LogP contribution >= 0.6 is 11.3 Å². The predicted octanol–water partition coefficient (Wildman–Crippen LogP) is 1.40. The van der Waals surface area contributed by atoms with Crippen molar-refractivity contribution in [3.05, 3.63) is 41.5 Å². The molecule has 0 aliphatic carbocycles. The number of carbonyl (C=O) groups excluding carboxylic acids is 3. The predicted molar refractivity (Wildman–Crippen MR) is 184 cm³/mol. The van der Waals surface area contributed by atoms with E-state index in [1.807, 2.05) is 0 Å².